The lowest BCUT2D eigenvalue weighted by molar-refractivity contribution is 0.486. The van der Waals surface area contributed by atoms with Gasteiger partial charge in [-0.1, -0.05) is 188 Å². The van der Waals surface area contributed by atoms with Crippen LogP contribution in [0.2, 0.25) is 0 Å². The van der Waals surface area contributed by atoms with E-state index in [1.165, 1.54) is 0 Å². The molecule has 0 atom stereocenters. The van der Waals surface area contributed by atoms with Crippen LogP contribution in [0.25, 0.3) is 101 Å². The van der Waals surface area contributed by atoms with E-state index in [0.29, 0.717) is 17.5 Å². The second kappa shape index (κ2) is 15.5. The maximum Gasteiger partial charge on any atom is 0.164 e. The lowest BCUT2D eigenvalue weighted by atomic mass is 9.86. The van der Waals surface area contributed by atoms with Crippen LogP contribution >= 0.6 is 0 Å². The molecule has 1 aliphatic rings. The van der Waals surface area contributed by atoms with Crippen molar-refractivity contribution in [2.45, 2.75) is 0 Å². The zero-order valence-corrected chi connectivity index (χ0v) is 33.1. The molecule has 11 rings (SSSR count). The number of hydrogen-bond acceptors (Lipinski definition) is 4. The Labute approximate surface area is 355 Å². The van der Waals surface area contributed by atoms with Crippen LogP contribution in [0.15, 0.2) is 224 Å². The van der Waals surface area contributed by atoms with Crippen LogP contribution in [-0.2, 0) is 0 Å². The lowest BCUT2D eigenvalue weighted by Gasteiger charge is -2.18. The molecule has 0 amide bonds. The molecular weight excluding hydrogens is 743 g/mol. The number of para-hydroxylation sites is 2. The first-order valence-corrected chi connectivity index (χ1v) is 20.5. The van der Waals surface area contributed by atoms with Crippen molar-refractivity contribution >= 4 is 0 Å². The number of ether oxygens (including phenoxy) is 1. The quantitative estimate of drug-likeness (QED) is 0.175. The maximum atomic E-state index is 6.94. The molecule has 0 aliphatic carbocycles. The largest absolute Gasteiger partial charge is 0.456 e. The van der Waals surface area contributed by atoms with E-state index in [9.17, 15) is 0 Å². The molecule has 0 radical (unpaired) electrons. The first kappa shape index (κ1) is 35.9. The summed E-state index contributed by atoms with van der Waals surface area (Å²) < 4.78 is 6.94. The van der Waals surface area contributed by atoms with Crippen molar-refractivity contribution in [1.82, 2.24) is 15.0 Å². The molecule has 0 spiro atoms. The summed E-state index contributed by atoms with van der Waals surface area (Å²) in [5.74, 6) is 3.33. The third-order valence-electron chi connectivity index (χ3n) is 11.4. The van der Waals surface area contributed by atoms with Crippen molar-refractivity contribution in [3.8, 4) is 112 Å². The number of aromatic nitrogens is 3. The van der Waals surface area contributed by atoms with E-state index in [1.807, 2.05) is 42.5 Å². The molecule has 4 nitrogen and oxygen atoms in total. The molecule has 0 unspecified atom stereocenters. The lowest BCUT2D eigenvalue weighted by Crippen LogP contribution is -2.01. The third-order valence-corrected chi connectivity index (χ3v) is 11.4. The summed E-state index contributed by atoms with van der Waals surface area (Å²) in [5.41, 5.74) is 15.7. The Morgan fingerprint density at radius 3 is 1.07 bits per heavy atom. The Bertz CT molecular complexity index is 3160. The van der Waals surface area contributed by atoms with Gasteiger partial charge in [-0.15, -0.1) is 0 Å². The average Bonchev–Trinajstić information content (AvgIpc) is 3.36. The molecule has 1 aliphatic heterocycles. The Morgan fingerprint density at radius 1 is 0.213 bits per heavy atom. The molecular formula is C57H37N3O. The van der Waals surface area contributed by atoms with Crippen LogP contribution in [0.1, 0.15) is 0 Å². The summed E-state index contributed by atoms with van der Waals surface area (Å²) in [5, 5.41) is 0. The van der Waals surface area contributed by atoms with E-state index >= 15 is 0 Å². The number of fused-ring (bicyclic) bond motifs is 9. The molecule has 286 valence electrons. The predicted octanol–water partition coefficient (Wildman–Crippen LogP) is 15.0. The fourth-order valence-corrected chi connectivity index (χ4v) is 8.42. The van der Waals surface area contributed by atoms with Gasteiger partial charge in [-0.2, -0.15) is 0 Å². The van der Waals surface area contributed by atoms with Gasteiger partial charge >= 0.3 is 0 Å². The van der Waals surface area contributed by atoms with Crippen LogP contribution in [0.4, 0.5) is 0 Å². The van der Waals surface area contributed by atoms with Crippen molar-refractivity contribution < 1.29 is 4.74 Å². The second-order valence-electron chi connectivity index (χ2n) is 15.1. The van der Waals surface area contributed by atoms with E-state index in [0.717, 1.165) is 95.0 Å². The summed E-state index contributed by atoms with van der Waals surface area (Å²) in [6.45, 7) is 0. The summed E-state index contributed by atoms with van der Waals surface area (Å²) in [6.07, 6.45) is 0. The highest BCUT2D eigenvalue weighted by Crippen LogP contribution is 2.48. The van der Waals surface area contributed by atoms with E-state index in [-0.39, 0.29) is 0 Å². The van der Waals surface area contributed by atoms with Crippen LogP contribution in [0, 0.1) is 0 Å². The van der Waals surface area contributed by atoms with Gasteiger partial charge in [0, 0.05) is 27.8 Å². The van der Waals surface area contributed by atoms with Crippen molar-refractivity contribution in [2.24, 2.45) is 0 Å². The van der Waals surface area contributed by atoms with E-state index in [1.54, 1.807) is 0 Å². The molecule has 9 aromatic carbocycles. The van der Waals surface area contributed by atoms with Crippen molar-refractivity contribution in [1.29, 1.82) is 0 Å². The number of nitrogens with zero attached hydrogens (tertiary/aromatic N) is 3. The fourth-order valence-electron chi connectivity index (χ4n) is 8.42. The standard InChI is InChI=1S/C57H37N3O/c1-4-18-38(19-5-1)42-34-43(39-20-6-2-7-21-39)36-44(35-42)57-59-55(40-22-8-3-9-23-40)58-56(60-57)41-32-33-49-47-26-11-10-24-45(47)46-25-12-13-27-48(46)50-28-14-16-30-53(50)61-54-31-17-15-29-51(54)52(49)37-41/h1-37H. The first-order valence-electron chi connectivity index (χ1n) is 20.5. The maximum absolute atomic E-state index is 6.94. The Hall–Kier alpha value is -8.21. The molecule has 0 saturated carbocycles. The van der Waals surface area contributed by atoms with Crippen LogP contribution in [0.5, 0.6) is 11.5 Å². The Balaban J connectivity index is 1.15. The van der Waals surface area contributed by atoms with Crippen LogP contribution < -0.4 is 4.74 Å². The monoisotopic (exact) mass is 779 g/mol. The Kier molecular flexibility index (Phi) is 9.14. The molecule has 0 fully saturated rings. The summed E-state index contributed by atoms with van der Waals surface area (Å²) >= 11 is 0. The Morgan fingerprint density at radius 2 is 0.557 bits per heavy atom. The van der Waals surface area contributed by atoms with Crippen LogP contribution in [-0.4, -0.2) is 15.0 Å². The van der Waals surface area contributed by atoms with E-state index < -0.39 is 0 Å². The second-order valence-corrected chi connectivity index (χ2v) is 15.1. The van der Waals surface area contributed by atoms with Gasteiger partial charge in [0.25, 0.3) is 0 Å². The van der Waals surface area contributed by atoms with Crippen LogP contribution in [0.3, 0.4) is 0 Å². The van der Waals surface area contributed by atoms with Gasteiger partial charge in [0.1, 0.15) is 11.5 Å². The average molecular weight is 780 g/mol. The zero-order chi connectivity index (χ0) is 40.5. The third kappa shape index (κ3) is 6.86. The summed E-state index contributed by atoms with van der Waals surface area (Å²) in [6, 6.07) is 78.2. The van der Waals surface area contributed by atoms with Gasteiger partial charge in [-0.3, -0.25) is 0 Å². The zero-order valence-electron chi connectivity index (χ0n) is 33.1. The molecule has 0 saturated heterocycles. The molecule has 0 N–H and O–H groups in total. The van der Waals surface area contributed by atoms with Crippen molar-refractivity contribution in [3.05, 3.63) is 224 Å². The molecule has 4 heteroatoms. The van der Waals surface area contributed by atoms with Gasteiger partial charge in [-0.05, 0) is 92.0 Å². The predicted molar refractivity (Wildman–Crippen MR) is 249 cm³/mol. The molecule has 0 bridgehead atoms. The topological polar surface area (TPSA) is 47.9 Å². The molecule has 2 heterocycles. The SMILES string of the molecule is c1ccc(-c2cc(-c3ccccc3)cc(-c3nc(-c4ccccc4)nc(-c4ccc5c(c4)-c4ccccc4Oc4ccccc4-c4ccccc4-c4ccccc4-5)n3)c2)cc1. The van der Waals surface area contributed by atoms with E-state index in [4.69, 9.17) is 19.7 Å². The summed E-state index contributed by atoms with van der Waals surface area (Å²) in [4.78, 5) is 15.7. The molecule has 10 aromatic rings. The minimum absolute atomic E-state index is 0.578. The first-order chi connectivity index (χ1) is 30.2. The van der Waals surface area contributed by atoms with Gasteiger partial charge < -0.3 is 4.74 Å². The van der Waals surface area contributed by atoms with Gasteiger partial charge in [0.15, 0.2) is 17.5 Å². The van der Waals surface area contributed by atoms with Gasteiger partial charge in [-0.25, -0.2) is 15.0 Å². The van der Waals surface area contributed by atoms with Crippen molar-refractivity contribution in [3.63, 3.8) is 0 Å². The minimum atomic E-state index is 0.578. The molecule has 61 heavy (non-hydrogen) atoms. The highest BCUT2D eigenvalue weighted by Gasteiger charge is 2.23. The fraction of sp³-hybridized carbons (Fsp3) is 0. The van der Waals surface area contributed by atoms with Gasteiger partial charge in [0.2, 0.25) is 0 Å². The highest BCUT2D eigenvalue weighted by molar-refractivity contribution is 5.98. The van der Waals surface area contributed by atoms with E-state index in [2.05, 4.69) is 182 Å². The number of benzene rings is 9. The van der Waals surface area contributed by atoms with Crippen molar-refractivity contribution in [2.75, 3.05) is 0 Å². The summed E-state index contributed by atoms with van der Waals surface area (Å²) in [7, 11) is 0. The van der Waals surface area contributed by atoms with Gasteiger partial charge in [0.05, 0.1) is 0 Å². The molecule has 1 aromatic heterocycles. The number of rotatable bonds is 5. The smallest absolute Gasteiger partial charge is 0.164 e. The highest BCUT2D eigenvalue weighted by atomic mass is 16.5. The number of hydrogen-bond donors (Lipinski definition) is 0. The minimum Gasteiger partial charge on any atom is -0.456 e. The normalized spacial score (nSPS) is 11.4.